The van der Waals surface area contributed by atoms with E-state index in [1.165, 1.54) is 6.33 Å². The van der Waals surface area contributed by atoms with E-state index in [4.69, 9.17) is 5.73 Å². The number of benzene rings is 1. The average molecular weight is 255 g/mol. The van der Waals surface area contributed by atoms with E-state index in [2.05, 4.69) is 20.1 Å². The van der Waals surface area contributed by atoms with Crippen LogP contribution in [0.5, 0.6) is 0 Å². The van der Waals surface area contributed by atoms with Crippen molar-refractivity contribution in [1.82, 2.24) is 24.7 Å². The normalized spacial score (nSPS) is 10.8. The molecule has 2 N–H and O–H groups in total. The van der Waals surface area contributed by atoms with Gasteiger partial charge in [0.25, 0.3) is 0 Å². The summed E-state index contributed by atoms with van der Waals surface area (Å²) in [5.74, 6) is 1.06. The molecule has 0 aromatic heterocycles. The number of fused-ring (bicyclic) bond motifs is 1. The Morgan fingerprint density at radius 1 is 1.11 bits per heavy atom. The fraction of sp³-hybridized carbons (Fsp3) is 0.167. The lowest BCUT2D eigenvalue weighted by Crippen LogP contribution is -2.14. The van der Waals surface area contributed by atoms with Crippen molar-refractivity contribution in [2.45, 2.75) is 0 Å². The molecule has 0 spiro atoms. The number of imidazole rings is 1. The summed E-state index contributed by atoms with van der Waals surface area (Å²) in [6.45, 7) is 0. The van der Waals surface area contributed by atoms with Gasteiger partial charge in [-0.25, -0.2) is 19.6 Å². The van der Waals surface area contributed by atoms with Gasteiger partial charge in [-0.3, -0.25) is 0 Å². The summed E-state index contributed by atoms with van der Waals surface area (Å²) in [5, 5.41) is 4.39. The van der Waals surface area contributed by atoms with E-state index in [0.29, 0.717) is 17.3 Å². The minimum atomic E-state index is 0.518. The predicted molar refractivity (Wildman–Crippen MR) is 72.3 cm³/mol. The van der Waals surface area contributed by atoms with Gasteiger partial charge in [-0.1, -0.05) is 0 Å². The van der Waals surface area contributed by atoms with Crippen molar-refractivity contribution < 1.29 is 0 Å². The summed E-state index contributed by atoms with van der Waals surface area (Å²) in [7, 11) is 3.90. The summed E-state index contributed by atoms with van der Waals surface area (Å²) >= 11 is 0. The Hall–Kier alpha value is -2.70. The highest BCUT2D eigenvalue weighted by atomic mass is 15.3. The van der Waals surface area contributed by atoms with Crippen LogP contribution in [0.2, 0.25) is 0 Å². The third-order valence-electron chi connectivity index (χ3n) is 2.78. The Balaban J connectivity index is 2.18. The Labute approximate surface area is 110 Å². The van der Waals surface area contributed by atoms with Gasteiger partial charge in [0.15, 0.2) is 0 Å². The second kappa shape index (κ2) is 4.20. The molecule has 1 aromatic carbocycles. The van der Waals surface area contributed by atoms with Crippen LogP contribution in [-0.2, 0) is 0 Å². The van der Waals surface area contributed by atoms with E-state index >= 15 is 0 Å². The summed E-state index contributed by atoms with van der Waals surface area (Å²) < 4.78 is 1.67. The molecule has 2 aliphatic heterocycles. The maximum Gasteiger partial charge on any atom is 0.219 e. The minimum Gasteiger partial charge on any atom is -0.399 e. The summed E-state index contributed by atoms with van der Waals surface area (Å²) in [4.78, 5) is 14.2. The molecule has 0 amide bonds. The van der Waals surface area contributed by atoms with Gasteiger partial charge in [0.2, 0.25) is 11.6 Å². The topological polar surface area (TPSA) is 85.8 Å². The van der Waals surface area contributed by atoms with Crippen molar-refractivity contribution in [2.75, 3.05) is 24.7 Å². The Morgan fingerprint density at radius 2 is 1.89 bits per heavy atom. The number of aromatic nitrogens is 5. The van der Waals surface area contributed by atoms with Gasteiger partial charge in [0.05, 0.1) is 11.4 Å². The molecular weight excluding hydrogens is 242 g/mol. The largest absolute Gasteiger partial charge is 0.399 e. The first-order valence-electron chi connectivity index (χ1n) is 5.75. The molecule has 7 heteroatoms. The van der Waals surface area contributed by atoms with Crippen molar-refractivity contribution in [3.8, 4) is 17.3 Å². The van der Waals surface area contributed by atoms with E-state index in [1.54, 1.807) is 11.0 Å². The first-order valence-corrected chi connectivity index (χ1v) is 5.75. The number of nitrogens with two attached hydrogens (primary N) is 1. The van der Waals surface area contributed by atoms with E-state index in [1.807, 2.05) is 37.2 Å². The van der Waals surface area contributed by atoms with Crippen molar-refractivity contribution >= 4 is 11.4 Å². The lowest BCUT2D eigenvalue weighted by atomic mass is 10.2. The van der Waals surface area contributed by atoms with Crippen molar-refractivity contribution in [3.63, 3.8) is 0 Å². The van der Waals surface area contributed by atoms with E-state index in [-0.39, 0.29) is 0 Å². The molecule has 0 radical (unpaired) electrons. The molecule has 2 aliphatic rings. The van der Waals surface area contributed by atoms with Crippen LogP contribution in [0.1, 0.15) is 0 Å². The van der Waals surface area contributed by atoms with Crippen molar-refractivity contribution in [3.05, 3.63) is 30.9 Å². The van der Waals surface area contributed by atoms with Gasteiger partial charge in [-0.15, -0.1) is 5.10 Å². The molecule has 0 aliphatic carbocycles. The van der Waals surface area contributed by atoms with Gasteiger partial charge >= 0.3 is 0 Å². The van der Waals surface area contributed by atoms with Crippen molar-refractivity contribution in [1.29, 1.82) is 0 Å². The van der Waals surface area contributed by atoms with Crippen LogP contribution in [0.3, 0.4) is 0 Å². The molecule has 3 rings (SSSR count). The summed E-state index contributed by atoms with van der Waals surface area (Å²) in [6, 6.07) is 5.63. The summed E-state index contributed by atoms with van der Waals surface area (Å²) in [6.07, 6.45) is 3.07. The van der Waals surface area contributed by atoms with Crippen LogP contribution >= 0.6 is 0 Å². The van der Waals surface area contributed by atoms with Crippen LogP contribution in [0.4, 0.5) is 11.4 Å². The zero-order chi connectivity index (χ0) is 13.4. The standard InChI is InChI=1S/C12H13N7/c1-18(2)10-5-8(13)3-4-9(10)19-7-16-11-12(17-19)15-6-14-11/h3-7H,13H2,1-2H3. The van der Waals surface area contributed by atoms with Crippen LogP contribution in [0.15, 0.2) is 30.9 Å². The van der Waals surface area contributed by atoms with E-state index in [0.717, 1.165) is 11.4 Å². The molecule has 7 nitrogen and oxygen atoms in total. The molecule has 0 unspecified atom stereocenters. The predicted octanol–water partition coefficient (Wildman–Crippen LogP) is 0.810. The van der Waals surface area contributed by atoms with Crippen LogP contribution in [0, 0.1) is 0 Å². The zero-order valence-electron chi connectivity index (χ0n) is 10.6. The summed E-state index contributed by atoms with van der Waals surface area (Å²) in [5.41, 5.74) is 8.37. The van der Waals surface area contributed by atoms with E-state index < -0.39 is 0 Å². The molecule has 0 saturated carbocycles. The van der Waals surface area contributed by atoms with E-state index in [9.17, 15) is 0 Å². The van der Waals surface area contributed by atoms with Crippen molar-refractivity contribution in [2.24, 2.45) is 0 Å². The second-order valence-electron chi connectivity index (χ2n) is 4.35. The van der Waals surface area contributed by atoms with Gasteiger partial charge in [-0.05, 0) is 18.2 Å². The fourth-order valence-corrected chi connectivity index (χ4v) is 1.86. The molecule has 1 aromatic rings. The molecular formula is C12H13N7. The van der Waals surface area contributed by atoms with Crippen LogP contribution in [0.25, 0.3) is 17.3 Å². The first-order chi connectivity index (χ1) is 9.15. The number of nitrogen functional groups attached to an aromatic ring is 1. The Bertz CT molecular complexity index is 688. The zero-order valence-corrected chi connectivity index (χ0v) is 10.6. The van der Waals surface area contributed by atoms with Gasteiger partial charge < -0.3 is 10.6 Å². The SMILES string of the molecule is CN(C)c1cc(N)ccc1-n1cnc2ncnc-2n1. The number of hydrogen-bond acceptors (Lipinski definition) is 6. The molecule has 0 bridgehead atoms. The lowest BCUT2D eigenvalue weighted by Gasteiger charge is -2.18. The molecule has 19 heavy (non-hydrogen) atoms. The third-order valence-corrected chi connectivity index (χ3v) is 2.78. The molecule has 0 atom stereocenters. The molecule has 96 valence electrons. The lowest BCUT2D eigenvalue weighted by molar-refractivity contribution is 0.796. The number of anilines is 2. The monoisotopic (exact) mass is 255 g/mol. The maximum absolute atomic E-state index is 5.82. The van der Waals surface area contributed by atoms with Gasteiger partial charge in [0.1, 0.15) is 12.7 Å². The second-order valence-corrected chi connectivity index (χ2v) is 4.35. The van der Waals surface area contributed by atoms with Crippen LogP contribution < -0.4 is 10.6 Å². The Kier molecular flexibility index (Phi) is 2.52. The van der Waals surface area contributed by atoms with Gasteiger partial charge in [0, 0.05) is 19.8 Å². The highest BCUT2D eigenvalue weighted by molar-refractivity contribution is 5.67. The Morgan fingerprint density at radius 3 is 2.68 bits per heavy atom. The number of rotatable bonds is 2. The molecule has 2 heterocycles. The number of nitrogens with zero attached hydrogens (tertiary/aromatic N) is 6. The third kappa shape index (κ3) is 1.95. The van der Waals surface area contributed by atoms with Crippen LogP contribution in [-0.4, -0.2) is 38.8 Å². The number of hydrogen-bond donors (Lipinski definition) is 1. The smallest absolute Gasteiger partial charge is 0.219 e. The highest BCUT2D eigenvalue weighted by Crippen LogP contribution is 2.25. The quantitative estimate of drug-likeness (QED) is 0.682. The highest BCUT2D eigenvalue weighted by Gasteiger charge is 2.12. The molecule has 0 saturated heterocycles. The minimum absolute atomic E-state index is 0.518. The van der Waals surface area contributed by atoms with Gasteiger partial charge in [-0.2, -0.15) is 0 Å². The average Bonchev–Trinajstić information content (AvgIpc) is 2.85. The maximum atomic E-state index is 5.82. The fourth-order valence-electron chi connectivity index (χ4n) is 1.86. The molecule has 0 fully saturated rings. The first kappa shape index (κ1) is 11.4.